The van der Waals surface area contributed by atoms with E-state index in [0.29, 0.717) is 12.8 Å². The van der Waals surface area contributed by atoms with Crippen molar-refractivity contribution in [3.63, 3.8) is 0 Å². The number of rotatable bonds is 9. The summed E-state index contributed by atoms with van der Waals surface area (Å²) in [5.41, 5.74) is 0.436. The Morgan fingerprint density at radius 1 is 1.30 bits per heavy atom. The van der Waals surface area contributed by atoms with Gasteiger partial charge in [0.05, 0.1) is 18.1 Å². The first kappa shape index (κ1) is 21.6. The number of amides is 1. The molecule has 0 unspecified atom stereocenters. The van der Waals surface area contributed by atoms with E-state index >= 15 is 0 Å². The largest absolute Gasteiger partial charge is 0.389 e. The molecule has 1 fully saturated rings. The Hall–Kier alpha value is -1.65. The van der Waals surface area contributed by atoms with Crippen molar-refractivity contribution in [3.8, 4) is 0 Å². The Morgan fingerprint density at radius 3 is 2.74 bits per heavy atom. The quantitative estimate of drug-likeness (QED) is 0.512. The average Bonchev–Trinajstić information content (AvgIpc) is 2.64. The van der Waals surface area contributed by atoms with Crippen LogP contribution in [-0.4, -0.2) is 46.8 Å². The molecule has 2 N–H and O–H groups in total. The van der Waals surface area contributed by atoms with E-state index in [9.17, 15) is 15.0 Å². The molecule has 3 atom stereocenters. The fourth-order valence-corrected chi connectivity index (χ4v) is 3.86. The van der Waals surface area contributed by atoms with Crippen LogP contribution in [-0.2, 0) is 11.2 Å². The Labute approximate surface area is 163 Å². The number of carbonyl (C=O) groups excluding carboxylic acids is 1. The van der Waals surface area contributed by atoms with E-state index in [4.69, 9.17) is 0 Å². The maximum Gasteiger partial charge on any atom is 0.224 e. The molecular weight excluding hydrogens is 338 g/mol. The maximum atomic E-state index is 11.9. The molecule has 0 aliphatic heterocycles. The summed E-state index contributed by atoms with van der Waals surface area (Å²) < 4.78 is 0. The Morgan fingerprint density at radius 2 is 2.04 bits per heavy atom. The molecule has 1 aromatic rings. The number of aliphatic hydroxyl groups excluding tert-OH is 1. The number of allylic oxidation sites excluding steroid dienone is 1. The van der Waals surface area contributed by atoms with E-state index in [0.717, 1.165) is 38.5 Å². The summed E-state index contributed by atoms with van der Waals surface area (Å²) in [5.74, 6) is 0.207. The molecule has 1 aliphatic carbocycles. The second-order valence-corrected chi connectivity index (χ2v) is 8.23. The van der Waals surface area contributed by atoms with Crippen molar-refractivity contribution in [1.29, 1.82) is 0 Å². The van der Waals surface area contributed by atoms with Crippen molar-refractivity contribution in [2.45, 2.75) is 69.5 Å². The average molecular weight is 374 g/mol. The number of hydrogen-bond donors (Lipinski definition) is 2. The van der Waals surface area contributed by atoms with Crippen LogP contribution in [0.5, 0.6) is 0 Å². The molecule has 1 saturated carbocycles. The molecule has 1 aromatic carbocycles. The minimum atomic E-state index is -0.907. The summed E-state index contributed by atoms with van der Waals surface area (Å²) in [6.07, 6.45) is 10.8. The number of benzene rings is 1. The molecule has 0 heterocycles. The van der Waals surface area contributed by atoms with Crippen LogP contribution < -0.4 is 0 Å². The van der Waals surface area contributed by atoms with Gasteiger partial charge >= 0.3 is 0 Å². The lowest BCUT2D eigenvalue weighted by atomic mass is 9.76. The molecule has 150 valence electrons. The van der Waals surface area contributed by atoms with Crippen LogP contribution >= 0.6 is 0 Å². The van der Waals surface area contributed by atoms with Gasteiger partial charge in [0.25, 0.3) is 0 Å². The topological polar surface area (TPSA) is 60.8 Å². The van der Waals surface area contributed by atoms with Crippen molar-refractivity contribution in [1.82, 2.24) is 4.90 Å². The Kier molecular flexibility index (Phi) is 8.52. The monoisotopic (exact) mass is 373 g/mol. The van der Waals surface area contributed by atoms with Crippen LogP contribution in [0, 0.1) is 5.92 Å². The molecule has 27 heavy (non-hydrogen) atoms. The zero-order valence-electron chi connectivity index (χ0n) is 16.8. The van der Waals surface area contributed by atoms with Crippen molar-refractivity contribution in [2.75, 3.05) is 14.1 Å². The second kappa shape index (κ2) is 10.6. The standard InChI is InChI=1S/C23H35NO3/c1-24(2)22(26)18-23(27)16-8-12-20(17-23)14-15-21(25)13-7-6-11-19-9-4-3-5-10-19/h3-5,9-10,14-15,20-21,25,27H,6-8,11-13,16-18H2,1-2H3/b15-14+/t20-,21-,23+/m1/s1. The molecular formula is C23H35NO3. The highest BCUT2D eigenvalue weighted by molar-refractivity contribution is 5.76. The van der Waals surface area contributed by atoms with Gasteiger partial charge in [-0.2, -0.15) is 0 Å². The molecule has 1 amide bonds. The van der Waals surface area contributed by atoms with Crippen LogP contribution in [0.1, 0.15) is 56.9 Å². The molecule has 0 saturated heterocycles. The third-order valence-electron chi connectivity index (χ3n) is 5.50. The van der Waals surface area contributed by atoms with Gasteiger partial charge in [0, 0.05) is 14.1 Å². The van der Waals surface area contributed by atoms with Gasteiger partial charge in [-0.25, -0.2) is 0 Å². The predicted octanol–water partition coefficient (Wildman–Crippen LogP) is 3.72. The van der Waals surface area contributed by atoms with Gasteiger partial charge in [0.2, 0.25) is 5.91 Å². The first-order valence-corrected chi connectivity index (χ1v) is 10.2. The van der Waals surface area contributed by atoms with Crippen LogP contribution in [0.15, 0.2) is 42.5 Å². The van der Waals surface area contributed by atoms with Gasteiger partial charge in [-0.05, 0) is 56.4 Å². The fourth-order valence-electron chi connectivity index (χ4n) is 3.86. The summed E-state index contributed by atoms with van der Waals surface area (Å²) in [5, 5.41) is 21.0. The lowest BCUT2D eigenvalue weighted by molar-refractivity contribution is -0.135. The van der Waals surface area contributed by atoms with Gasteiger partial charge in [0.1, 0.15) is 0 Å². The minimum absolute atomic E-state index is 0.0272. The summed E-state index contributed by atoms with van der Waals surface area (Å²) in [7, 11) is 3.44. The van der Waals surface area contributed by atoms with E-state index in [1.165, 1.54) is 10.5 Å². The van der Waals surface area contributed by atoms with Crippen LogP contribution in [0.25, 0.3) is 0 Å². The molecule has 0 aromatic heterocycles. The number of aryl methyl sites for hydroxylation is 1. The van der Waals surface area contributed by atoms with Gasteiger partial charge in [-0.15, -0.1) is 0 Å². The molecule has 0 bridgehead atoms. The van der Waals surface area contributed by atoms with E-state index in [1.807, 2.05) is 18.2 Å². The molecule has 0 spiro atoms. The zero-order chi connectivity index (χ0) is 19.7. The lowest BCUT2D eigenvalue weighted by Crippen LogP contribution is -2.40. The summed E-state index contributed by atoms with van der Waals surface area (Å²) in [4.78, 5) is 13.5. The molecule has 4 nitrogen and oxygen atoms in total. The SMILES string of the molecule is CN(C)C(=O)C[C@]1(O)CCC[C@H](/C=C/[C@H](O)CCCCc2ccccc2)C1. The second-order valence-electron chi connectivity index (χ2n) is 8.23. The van der Waals surface area contributed by atoms with Crippen LogP contribution in [0.3, 0.4) is 0 Å². The Balaban J connectivity index is 1.71. The van der Waals surface area contributed by atoms with Crippen LogP contribution in [0.2, 0.25) is 0 Å². The number of nitrogens with zero attached hydrogens (tertiary/aromatic N) is 1. The smallest absolute Gasteiger partial charge is 0.224 e. The predicted molar refractivity (Wildman–Crippen MR) is 109 cm³/mol. The lowest BCUT2D eigenvalue weighted by Gasteiger charge is -2.36. The minimum Gasteiger partial charge on any atom is -0.389 e. The first-order chi connectivity index (χ1) is 12.9. The number of unbranched alkanes of at least 4 members (excludes halogenated alkanes) is 1. The van der Waals surface area contributed by atoms with Crippen molar-refractivity contribution >= 4 is 5.91 Å². The number of hydrogen-bond acceptors (Lipinski definition) is 3. The fraction of sp³-hybridized carbons (Fsp3) is 0.609. The summed E-state index contributed by atoms with van der Waals surface area (Å²) in [6.45, 7) is 0. The highest BCUT2D eigenvalue weighted by atomic mass is 16.3. The maximum absolute atomic E-state index is 11.9. The van der Waals surface area contributed by atoms with Crippen molar-refractivity contribution < 1.29 is 15.0 Å². The van der Waals surface area contributed by atoms with Gasteiger partial charge < -0.3 is 15.1 Å². The molecule has 1 aliphatic rings. The van der Waals surface area contributed by atoms with Gasteiger partial charge in [-0.1, -0.05) is 48.9 Å². The number of aliphatic hydroxyl groups is 2. The van der Waals surface area contributed by atoms with Crippen molar-refractivity contribution in [2.24, 2.45) is 5.92 Å². The highest BCUT2D eigenvalue weighted by Crippen LogP contribution is 2.36. The van der Waals surface area contributed by atoms with Gasteiger partial charge in [-0.3, -0.25) is 4.79 Å². The van der Waals surface area contributed by atoms with E-state index in [1.54, 1.807) is 14.1 Å². The highest BCUT2D eigenvalue weighted by Gasteiger charge is 2.35. The number of carbonyl (C=O) groups is 1. The zero-order valence-corrected chi connectivity index (χ0v) is 16.8. The van der Waals surface area contributed by atoms with Gasteiger partial charge in [0.15, 0.2) is 0 Å². The van der Waals surface area contributed by atoms with E-state index in [2.05, 4.69) is 24.3 Å². The molecule has 0 radical (unpaired) electrons. The first-order valence-electron chi connectivity index (χ1n) is 10.2. The van der Waals surface area contributed by atoms with E-state index in [-0.39, 0.29) is 18.2 Å². The van der Waals surface area contributed by atoms with E-state index < -0.39 is 11.7 Å². The molecule has 4 heteroatoms. The van der Waals surface area contributed by atoms with Crippen LogP contribution in [0.4, 0.5) is 0 Å². The normalized spacial score (nSPS) is 24.1. The Bertz CT molecular complexity index is 599. The molecule has 2 rings (SSSR count). The van der Waals surface area contributed by atoms with Crippen molar-refractivity contribution in [3.05, 3.63) is 48.0 Å². The summed E-state index contributed by atoms with van der Waals surface area (Å²) >= 11 is 0. The third-order valence-corrected chi connectivity index (χ3v) is 5.50. The third kappa shape index (κ3) is 7.86. The summed E-state index contributed by atoms with van der Waals surface area (Å²) in [6, 6.07) is 10.4.